The Morgan fingerprint density at radius 3 is 2.40 bits per heavy atom. The molecule has 1 aromatic heterocycles. The average molecular weight is 340 g/mol. The minimum absolute atomic E-state index is 0.0305. The summed E-state index contributed by atoms with van der Waals surface area (Å²) in [6.07, 6.45) is 0. The molecule has 0 N–H and O–H groups in total. The van der Waals surface area contributed by atoms with Crippen LogP contribution in [0.4, 0.5) is 0 Å². The molecule has 0 fully saturated rings. The number of para-hydroxylation sites is 2. The third-order valence-electron chi connectivity index (χ3n) is 3.81. The van der Waals surface area contributed by atoms with Gasteiger partial charge >= 0.3 is 5.69 Å². The van der Waals surface area contributed by atoms with Gasteiger partial charge in [-0.25, -0.2) is 0 Å². The highest BCUT2D eigenvalue weighted by Crippen LogP contribution is 2.20. The van der Waals surface area contributed by atoms with Gasteiger partial charge in [-0.3, -0.25) is 4.79 Å². The maximum atomic E-state index is 12.6. The highest BCUT2D eigenvalue weighted by atomic mass is 16.5. The van der Waals surface area contributed by atoms with E-state index in [4.69, 9.17) is 9.47 Å². The Kier molecular flexibility index (Phi) is 4.38. The lowest BCUT2D eigenvalue weighted by molar-refractivity contribution is -0.468. The lowest BCUT2D eigenvalue weighted by atomic mass is 10.2. The number of aromatic nitrogens is 2. The van der Waals surface area contributed by atoms with E-state index in [1.54, 1.807) is 43.5 Å². The molecule has 0 saturated carbocycles. The van der Waals surface area contributed by atoms with Gasteiger partial charge in [0.15, 0.2) is 0 Å². The second kappa shape index (κ2) is 6.64. The van der Waals surface area contributed by atoms with Crippen molar-refractivity contribution in [3.8, 4) is 11.5 Å². The number of rotatable bonds is 5. The van der Waals surface area contributed by atoms with Gasteiger partial charge in [0, 0.05) is 17.9 Å². The van der Waals surface area contributed by atoms with Crippen LogP contribution in [0.3, 0.4) is 0 Å². The fourth-order valence-corrected chi connectivity index (χ4v) is 2.58. The molecule has 7 nitrogen and oxygen atoms in total. The molecule has 0 amide bonds. The van der Waals surface area contributed by atoms with Crippen molar-refractivity contribution < 1.29 is 18.7 Å². The first-order valence-corrected chi connectivity index (χ1v) is 7.57. The Labute approximate surface area is 143 Å². The number of hydrogen-bond donors (Lipinski definition) is 0. The van der Waals surface area contributed by atoms with Gasteiger partial charge in [-0.05, 0) is 30.3 Å². The molecule has 0 unspecified atom stereocenters. The molecule has 3 rings (SSSR count). The number of fused-ring (bicyclic) bond motifs is 1. The second-order valence-electron chi connectivity index (χ2n) is 5.39. The van der Waals surface area contributed by atoms with E-state index in [2.05, 4.69) is 0 Å². The molecule has 0 radical (unpaired) electrons. The minimum Gasteiger partial charge on any atom is -0.805 e. The highest BCUT2D eigenvalue weighted by Gasteiger charge is 2.26. The molecular formula is C18H16N2O5. The maximum Gasteiger partial charge on any atom is 0.328 e. The van der Waals surface area contributed by atoms with Gasteiger partial charge in [-0.15, -0.1) is 0 Å². The summed E-state index contributed by atoms with van der Waals surface area (Å²) in [7, 11) is 1.55. The van der Waals surface area contributed by atoms with Crippen LogP contribution in [0.2, 0.25) is 0 Å². The Balaban J connectivity index is 2.04. The smallest absolute Gasteiger partial charge is 0.328 e. The highest BCUT2D eigenvalue weighted by molar-refractivity contribution is 5.93. The fraction of sp³-hybridized carbons (Fsp3) is 0.167. The summed E-state index contributed by atoms with van der Waals surface area (Å²) in [5.41, 5.74) is 0.0611. The van der Waals surface area contributed by atoms with Crippen LogP contribution in [0.15, 0.2) is 48.5 Å². The van der Waals surface area contributed by atoms with Gasteiger partial charge in [0.25, 0.3) is 5.52 Å². The van der Waals surface area contributed by atoms with E-state index < -0.39 is 5.78 Å². The molecule has 128 valence electrons. The van der Waals surface area contributed by atoms with E-state index in [-0.39, 0.29) is 29.0 Å². The molecule has 3 aromatic rings. The van der Waals surface area contributed by atoms with E-state index in [9.17, 15) is 14.9 Å². The van der Waals surface area contributed by atoms with Crippen LogP contribution >= 0.6 is 0 Å². The van der Waals surface area contributed by atoms with Crippen molar-refractivity contribution in [3.05, 3.63) is 70.0 Å². The quantitative estimate of drug-likeness (QED) is 0.526. The number of Topliss-reactive ketones (excluding diaryl/α,β-unsaturated/α-hetero) is 1. The Hall–Kier alpha value is -3.35. The van der Waals surface area contributed by atoms with E-state index >= 15 is 0 Å². The summed E-state index contributed by atoms with van der Waals surface area (Å²) in [5, 5.41) is 12.6. The van der Waals surface area contributed by atoms with Crippen LogP contribution in [0.25, 0.3) is 11.0 Å². The fourth-order valence-electron chi connectivity index (χ4n) is 2.58. The molecular weight excluding hydrogens is 324 g/mol. The van der Waals surface area contributed by atoms with Crippen LogP contribution in [-0.4, -0.2) is 17.6 Å². The Morgan fingerprint density at radius 1 is 1.12 bits per heavy atom. The SMILES string of the molecule is COc1ccc(OCc2c(C(C)=O)[n+](=O)c3ccccc3n2[O-])cc1. The van der Waals surface area contributed by atoms with Gasteiger partial charge in [0.1, 0.15) is 29.3 Å². The van der Waals surface area contributed by atoms with Crippen molar-refractivity contribution >= 4 is 16.8 Å². The summed E-state index contributed by atoms with van der Waals surface area (Å²) in [6.45, 7) is 1.03. The number of nitrogens with zero attached hydrogens (tertiary/aromatic N) is 2. The van der Waals surface area contributed by atoms with Crippen molar-refractivity contribution in [2.24, 2.45) is 0 Å². The number of ether oxygens (including phenoxy) is 2. The first-order valence-electron chi connectivity index (χ1n) is 7.57. The molecule has 2 aromatic carbocycles. The Bertz CT molecular complexity index is 993. The lowest BCUT2D eigenvalue weighted by Crippen LogP contribution is -2.31. The summed E-state index contributed by atoms with van der Waals surface area (Å²) in [4.78, 5) is 24.4. The molecule has 0 atom stereocenters. The normalized spacial score (nSPS) is 10.6. The van der Waals surface area contributed by atoms with Crippen LogP contribution < -0.4 is 13.9 Å². The van der Waals surface area contributed by atoms with Crippen LogP contribution in [0.1, 0.15) is 23.1 Å². The van der Waals surface area contributed by atoms with E-state index in [0.717, 1.165) is 0 Å². The van der Waals surface area contributed by atoms with Crippen LogP contribution in [-0.2, 0) is 6.61 Å². The maximum absolute atomic E-state index is 12.6. The zero-order valence-electron chi connectivity index (χ0n) is 13.8. The zero-order valence-corrected chi connectivity index (χ0v) is 13.8. The molecule has 0 bridgehead atoms. The predicted octanol–water partition coefficient (Wildman–Crippen LogP) is 2.69. The molecule has 0 saturated heterocycles. The van der Waals surface area contributed by atoms with Crippen molar-refractivity contribution in [2.75, 3.05) is 7.11 Å². The number of benzene rings is 2. The van der Waals surface area contributed by atoms with Crippen molar-refractivity contribution in [2.45, 2.75) is 13.5 Å². The number of ketones is 1. The summed E-state index contributed by atoms with van der Waals surface area (Å²) < 4.78 is 11.7. The minimum atomic E-state index is -0.501. The number of hydrogen-bond acceptors (Lipinski definition) is 5. The standard InChI is InChI=1S/C18H16N2O5/c1-12(21)18-17(11-25-14-9-7-13(24-2)8-10-14)19(22)15-5-3-4-6-16(15)20(18)23/h3-10H,11H2,1-2H3. The first kappa shape index (κ1) is 16.5. The van der Waals surface area contributed by atoms with E-state index in [1.165, 1.54) is 19.1 Å². The monoisotopic (exact) mass is 340 g/mol. The van der Waals surface area contributed by atoms with Crippen LogP contribution in [0.5, 0.6) is 11.5 Å². The van der Waals surface area contributed by atoms with Crippen molar-refractivity contribution in [1.29, 1.82) is 0 Å². The van der Waals surface area contributed by atoms with Crippen LogP contribution in [0, 0.1) is 10.1 Å². The molecule has 1 heterocycles. The van der Waals surface area contributed by atoms with Crippen molar-refractivity contribution in [3.63, 3.8) is 0 Å². The average Bonchev–Trinajstić information content (AvgIpc) is 2.63. The van der Waals surface area contributed by atoms with Crippen molar-refractivity contribution in [1.82, 2.24) is 4.73 Å². The summed E-state index contributed by atoms with van der Waals surface area (Å²) >= 11 is 0. The van der Waals surface area contributed by atoms with Gasteiger partial charge in [-0.2, -0.15) is 0 Å². The molecule has 7 heteroatoms. The first-order chi connectivity index (χ1) is 12.0. The second-order valence-corrected chi connectivity index (χ2v) is 5.39. The molecule has 25 heavy (non-hydrogen) atoms. The molecule has 0 spiro atoms. The van der Waals surface area contributed by atoms with Gasteiger partial charge in [0.05, 0.1) is 11.5 Å². The lowest BCUT2D eigenvalue weighted by Gasteiger charge is -2.18. The molecule has 0 aliphatic carbocycles. The third-order valence-corrected chi connectivity index (χ3v) is 3.81. The topological polar surface area (TPSA) is 86.5 Å². The van der Waals surface area contributed by atoms with Gasteiger partial charge < -0.3 is 19.4 Å². The van der Waals surface area contributed by atoms with E-state index in [1.807, 2.05) is 0 Å². The predicted molar refractivity (Wildman–Crippen MR) is 91.4 cm³/mol. The Morgan fingerprint density at radius 2 is 1.76 bits per heavy atom. The number of carbonyl (C=O) groups excluding carboxylic acids is 1. The third kappa shape index (κ3) is 3.03. The number of carbonyl (C=O) groups is 1. The van der Waals surface area contributed by atoms with E-state index in [0.29, 0.717) is 20.7 Å². The molecule has 0 aliphatic rings. The molecule has 0 aliphatic heterocycles. The van der Waals surface area contributed by atoms with Gasteiger partial charge in [0.2, 0.25) is 5.78 Å². The zero-order chi connectivity index (χ0) is 18.0. The largest absolute Gasteiger partial charge is 0.805 e. The number of methoxy groups -OCH3 is 1. The van der Waals surface area contributed by atoms with Gasteiger partial charge in [-0.1, -0.05) is 12.1 Å². The summed E-state index contributed by atoms with van der Waals surface area (Å²) in [6, 6.07) is 13.1. The summed E-state index contributed by atoms with van der Waals surface area (Å²) in [5.74, 6) is 0.651.